The summed E-state index contributed by atoms with van der Waals surface area (Å²) in [5, 5.41) is 12.7. The first kappa shape index (κ1) is 14.9. The van der Waals surface area contributed by atoms with Gasteiger partial charge in [0.25, 0.3) is 5.91 Å². The van der Waals surface area contributed by atoms with Gasteiger partial charge in [0.1, 0.15) is 5.75 Å². The van der Waals surface area contributed by atoms with Crippen molar-refractivity contribution in [3.8, 4) is 5.75 Å². The molecule has 19 heavy (non-hydrogen) atoms. The number of rotatable bonds is 3. The van der Waals surface area contributed by atoms with E-state index in [0.29, 0.717) is 18.0 Å². The minimum absolute atomic E-state index is 0.0176. The fourth-order valence-corrected chi connectivity index (χ4v) is 3.26. The molecule has 2 rings (SSSR count). The molecule has 1 saturated carbocycles. The Morgan fingerprint density at radius 3 is 2.89 bits per heavy atom. The van der Waals surface area contributed by atoms with Gasteiger partial charge in [0.05, 0.1) is 5.56 Å². The maximum atomic E-state index is 12.0. The van der Waals surface area contributed by atoms with Crippen LogP contribution in [-0.2, 0) is 0 Å². The largest absolute Gasteiger partial charge is 0.507 e. The summed E-state index contributed by atoms with van der Waals surface area (Å²) in [7, 11) is 0. The molecule has 1 amide bonds. The highest BCUT2D eigenvalue weighted by molar-refractivity contribution is 14.1. The predicted molar refractivity (Wildman–Crippen MR) is 84.8 cm³/mol. The molecule has 0 spiro atoms. The van der Waals surface area contributed by atoms with E-state index in [-0.39, 0.29) is 17.0 Å². The van der Waals surface area contributed by atoms with Gasteiger partial charge in [-0.05, 0) is 59.5 Å². The van der Waals surface area contributed by atoms with Crippen molar-refractivity contribution in [3.63, 3.8) is 0 Å². The van der Waals surface area contributed by atoms with Gasteiger partial charge in [-0.25, -0.2) is 0 Å². The molecular formula is C14H17ClINO2. The standard InChI is InChI=1S/C14H17ClINO2/c15-12-4-2-1-3-9(12)8-17-14(19)11-7-10(16)5-6-13(11)18/h5-7,9,12,18H,1-4,8H2,(H,17,19). The summed E-state index contributed by atoms with van der Waals surface area (Å²) >= 11 is 8.38. The van der Waals surface area contributed by atoms with Crippen molar-refractivity contribution < 1.29 is 9.90 Å². The lowest BCUT2D eigenvalue weighted by Gasteiger charge is -2.27. The number of aromatic hydroxyl groups is 1. The van der Waals surface area contributed by atoms with E-state index >= 15 is 0 Å². The first-order valence-corrected chi connectivity index (χ1v) is 8.00. The first-order valence-electron chi connectivity index (χ1n) is 6.48. The van der Waals surface area contributed by atoms with Crippen LogP contribution in [0.25, 0.3) is 0 Å². The normalized spacial score (nSPS) is 23.1. The number of carbonyl (C=O) groups excluding carboxylic acids is 1. The van der Waals surface area contributed by atoms with Crippen molar-refractivity contribution in [2.45, 2.75) is 31.1 Å². The third kappa shape index (κ3) is 3.99. The summed E-state index contributed by atoms with van der Waals surface area (Å²) in [6, 6.07) is 4.99. The third-order valence-electron chi connectivity index (χ3n) is 3.54. The minimum Gasteiger partial charge on any atom is -0.507 e. The second-order valence-electron chi connectivity index (χ2n) is 4.93. The number of amides is 1. The van der Waals surface area contributed by atoms with Crippen LogP contribution < -0.4 is 5.32 Å². The molecule has 104 valence electrons. The number of hydrogen-bond acceptors (Lipinski definition) is 2. The van der Waals surface area contributed by atoms with Crippen molar-refractivity contribution in [2.24, 2.45) is 5.92 Å². The molecule has 0 aliphatic heterocycles. The molecule has 1 aromatic carbocycles. The second kappa shape index (κ2) is 6.79. The van der Waals surface area contributed by atoms with Crippen LogP contribution in [0.15, 0.2) is 18.2 Å². The summed E-state index contributed by atoms with van der Waals surface area (Å²) in [6.07, 6.45) is 4.44. The van der Waals surface area contributed by atoms with Crippen LogP contribution >= 0.6 is 34.2 Å². The fourth-order valence-electron chi connectivity index (χ4n) is 2.40. The molecule has 0 aromatic heterocycles. The Bertz CT molecular complexity index is 467. The summed E-state index contributed by atoms with van der Waals surface area (Å²) in [5.41, 5.74) is 0.328. The van der Waals surface area contributed by atoms with Crippen LogP contribution in [0.2, 0.25) is 0 Å². The maximum Gasteiger partial charge on any atom is 0.255 e. The number of benzene rings is 1. The lowest BCUT2D eigenvalue weighted by Crippen LogP contribution is -2.34. The number of phenols is 1. The molecule has 0 saturated heterocycles. The average molecular weight is 394 g/mol. The quantitative estimate of drug-likeness (QED) is 0.610. The molecule has 5 heteroatoms. The van der Waals surface area contributed by atoms with E-state index in [1.807, 2.05) is 0 Å². The highest BCUT2D eigenvalue weighted by Gasteiger charge is 2.24. The number of alkyl halides is 1. The van der Waals surface area contributed by atoms with Crippen LogP contribution in [0.5, 0.6) is 5.75 Å². The maximum absolute atomic E-state index is 12.0. The number of halogens is 2. The van der Waals surface area contributed by atoms with Gasteiger partial charge < -0.3 is 10.4 Å². The summed E-state index contributed by atoms with van der Waals surface area (Å²) < 4.78 is 0.924. The molecule has 1 aliphatic carbocycles. The van der Waals surface area contributed by atoms with Gasteiger partial charge in [-0.3, -0.25) is 4.79 Å². The van der Waals surface area contributed by atoms with E-state index in [0.717, 1.165) is 16.4 Å². The Balaban J connectivity index is 1.95. The molecule has 2 atom stereocenters. The topological polar surface area (TPSA) is 49.3 Å². The summed E-state index contributed by atoms with van der Waals surface area (Å²) in [4.78, 5) is 12.0. The Labute approximate surface area is 131 Å². The van der Waals surface area contributed by atoms with Crippen LogP contribution in [0, 0.1) is 9.49 Å². The molecular weight excluding hydrogens is 377 g/mol. The number of carbonyl (C=O) groups is 1. The Kier molecular flexibility index (Phi) is 5.33. The molecule has 0 heterocycles. The van der Waals surface area contributed by atoms with Gasteiger partial charge in [0.2, 0.25) is 0 Å². The first-order chi connectivity index (χ1) is 9.08. The lowest BCUT2D eigenvalue weighted by molar-refractivity contribution is 0.0941. The number of nitrogens with one attached hydrogen (secondary N) is 1. The van der Waals surface area contributed by atoms with Crippen LogP contribution in [-0.4, -0.2) is 22.9 Å². The Hall–Kier alpha value is -0.490. The van der Waals surface area contributed by atoms with Crippen molar-refractivity contribution in [1.82, 2.24) is 5.32 Å². The SMILES string of the molecule is O=C(NCC1CCCCC1Cl)c1cc(I)ccc1O. The van der Waals surface area contributed by atoms with Crippen molar-refractivity contribution >= 4 is 40.1 Å². The minimum atomic E-state index is -0.231. The zero-order chi connectivity index (χ0) is 13.8. The van der Waals surface area contributed by atoms with E-state index in [9.17, 15) is 9.90 Å². The van der Waals surface area contributed by atoms with E-state index in [4.69, 9.17) is 11.6 Å². The monoisotopic (exact) mass is 393 g/mol. The molecule has 2 N–H and O–H groups in total. The smallest absolute Gasteiger partial charge is 0.255 e. The highest BCUT2D eigenvalue weighted by atomic mass is 127. The van der Waals surface area contributed by atoms with Gasteiger partial charge in [-0.15, -0.1) is 11.6 Å². The predicted octanol–water partition coefficient (Wildman–Crippen LogP) is 3.52. The zero-order valence-electron chi connectivity index (χ0n) is 10.5. The van der Waals surface area contributed by atoms with Gasteiger partial charge in [-0.2, -0.15) is 0 Å². The van der Waals surface area contributed by atoms with Gasteiger partial charge in [-0.1, -0.05) is 12.8 Å². The van der Waals surface area contributed by atoms with Gasteiger partial charge >= 0.3 is 0 Å². The molecule has 3 nitrogen and oxygen atoms in total. The molecule has 0 radical (unpaired) electrons. The molecule has 0 bridgehead atoms. The van der Waals surface area contributed by atoms with Crippen molar-refractivity contribution in [1.29, 1.82) is 0 Å². The van der Waals surface area contributed by atoms with Crippen LogP contribution in [0.1, 0.15) is 36.0 Å². The van der Waals surface area contributed by atoms with Crippen LogP contribution in [0.3, 0.4) is 0 Å². The van der Waals surface area contributed by atoms with E-state index in [1.54, 1.807) is 18.2 Å². The summed E-state index contributed by atoms with van der Waals surface area (Å²) in [5.74, 6) is 0.124. The van der Waals surface area contributed by atoms with Crippen molar-refractivity contribution in [2.75, 3.05) is 6.54 Å². The summed E-state index contributed by atoms with van der Waals surface area (Å²) in [6.45, 7) is 0.581. The number of hydrogen-bond donors (Lipinski definition) is 2. The highest BCUT2D eigenvalue weighted by Crippen LogP contribution is 2.28. The molecule has 1 fully saturated rings. The molecule has 1 aliphatic rings. The Morgan fingerprint density at radius 1 is 1.42 bits per heavy atom. The molecule has 1 aromatic rings. The van der Waals surface area contributed by atoms with Gasteiger partial charge in [0.15, 0.2) is 0 Å². The van der Waals surface area contributed by atoms with Crippen molar-refractivity contribution in [3.05, 3.63) is 27.3 Å². The number of phenolic OH excluding ortho intramolecular Hbond substituents is 1. The fraction of sp³-hybridized carbons (Fsp3) is 0.500. The van der Waals surface area contributed by atoms with Crippen LogP contribution in [0.4, 0.5) is 0 Å². The molecule has 2 unspecified atom stereocenters. The average Bonchev–Trinajstić information content (AvgIpc) is 2.40. The van der Waals surface area contributed by atoms with E-state index in [2.05, 4.69) is 27.9 Å². The van der Waals surface area contributed by atoms with Gasteiger partial charge in [0, 0.05) is 15.5 Å². The Morgan fingerprint density at radius 2 is 2.16 bits per heavy atom. The zero-order valence-corrected chi connectivity index (χ0v) is 13.4. The van der Waals surface area contributed by atoms with E-state index < -0.39 is 0 Å². The van der Waals surface area contributed by atoms with E-state index in [1.165, 1.54) is 12.8 Å². The second-order valence-corrected chi connectivity index (χ2v) is 6.74. The third-order valence-corrected chi connectivity index (χ3v) is 4.79. The lowest BCUT2D eigenvalue weighted by atomic mass is 9.88.